The van der Waals surface area contributed by atoms with E-state index in [1.54, 1.807) is 12.1 Å². The lowest BCUT2D eigenvalue weighted by atomic mass is 10.1. The molecular weight excluding hydrogens is 246 g/mol. The number of nitrogens with zero attached hydrogens (tertiary/aromatic N) is 1. The van der Waals surface area contributed by atoms with E-state index in [-0.39, 0.29) is 5.78 Å². The Labute approximate surface area is 114 Å². The lowest BCUT2D eigenvalue weighted by molar-refractivity contribution is 0.0899. The Balaban J connectivity index is 2.00. The molecule has 1 aliphatic carbocycles. The van der Waals surface area contributed by atoms with Gasteiger partial charge in [0.2, 0.25) is 0 Å². The van der Waals surface area contributed by atoms with Gasteiger partial charge in [0.05, 0.1) is 6.54 Å². The van der Waals surface area contributed by atoms with E-state index in [0.717, 1.165) is 12.1 Å². The van der Waals surface area contributed by atoms with Gasteiger partial charge < -0.3 is 0 Å². The van der Waals surface area contributed by atoms with Crippen molar-refractivity contribution in [3.05, 3.63) is 34.9 Å². The number of benzene rings is 1. The molecule has 0 radical (unpaired) electrons. The SMILES string of the molecule is CCN(CC(=O)c1cccc(Cl)c1)C1CCCC1. The molecule has 0 heterocycles. The molecule has 0 spiro atoms. The third-order valence-corrected chi connectivity index (χ3v) is 3.98. The number of carbonyl (C=O) groups is 1. The first-order chi connectivity index (χ1) is 8.70. The van der Waals surface area contributed by atoms with Crippen molar-refractivity contribution in [3.8, 4) is 0 Å². The molecule has 18 heavy (non-hydrogen) atoms. The van der Waals surface area contributed by atoms with Crippen LogP contribution in [0.25, 0.3) is 0 Å². The van der Waals surface area contributed by atoms with Crippen molar-refractivity contribution >= 4 is 17.4 Å². The van der Waals surface area contributed by atoms with Gasteiger partial charge in [0, 0.05) is 16.6 Å². The van der Waals surface area contributed by atoms with Gasteiger partial charge >= 0.3 is 0 Å². The summed E-state index contributed by atoms with van der Waals surface area (Å²) in [5.74, 6) is 0.172. The van der Waals surface area contributed by atoms with Gasteiger partial charge in [-0.05, 0) is 31.5 Å². The number of rotatable bonds is 5. The number of hydrogen-bond acceptors (Lipinski definition) is 2. The average Bonchev–Trinajstić information content (AvgIpc) is 2.89. The van der Waals surface area contributed by atoms with Crippen LogP contribution in [0.4, 0.5) is 0 Å². The minimum absolute atomic E-state index is 0.172. The second kappa shape index (κ2) is 6.35. The highest BCUT2D eigenvalue weighted by Gasteiger charge is 2.23. The van der Waals surface area contributed by atoms with Crippen LogP contribution in [0.5, 0.6) is 0 Å². The first-order valence-electron chi connectivity index (χ1n) is 6.73. The summed E-state index contributed by atoms with van der Waals surface area (Å²) in [6, 6.07) is 7.83. The van der Waals surface area contributed by atoms with Crippen molar-refractivity contribution in [2.75, 3.05) is 13.1 Å². The maximum atomic E-state index is 12.2. The molecule has 0 atom stereocenters. The van der Waals surface area contributed by atoms with E-state index < -0.39 is 0 Å². The second-order valence-electron chi connectivity index (χ2n) is 4.93. The maximum Gasteiger partial charge on any atom is 0.176 e. The van der Waals surface area contributed by atoms with Gasteiger partial charge in [-0.3, -0.25) is 9.69 Å². The number of likely N-dealkylation sites (N-methyl/N-ethyl adjacent to an activating group) is 1. The molecule has 0 unspecified atom stereocenters. The molecule has 1 aliphatic rings. The van der Waals surface area contributed by atoms with Crippen LogP contribution in [0.3, 0.4) is 0 Å². The van der Waals surface area contributed by atoms with E-state index >= 15 is 0 Å². The molecule has 0 aliphatic heterocycles. The monoisotopic (exact) mass is 265 g/mol. The van der Waals surface area contributed by atoms with E-state index in [4.69, 9.17) is 11.6 Å². The quantitative estimate of drug-likeness (QED) is 0.755. The van der Waals surface area contributed by atoms with E-state index in [1.165, 1.54) is 25.7 Å². The van der Waals surface area contributed by atoms with Crippen LogP contribution in [0.2, 0.25) is 5.02 Å². The van der Waals surface area contributed by atoms with Crippen molar-refractivity contribution in [2.45, 2.75) is 38.6 Å². The van der Waals surface area contributed by atoms with Gasteiger partial charge in [-0.15, -0.1) is 0 Å². The average molecular weight is 266 g/mol. The second-order valence-corrected chi connectivity index (χ2v) is 5.37. The molecule has 3 heteroatoms. The number of halogens is 1. The van der Waals surface area contributed by atoms with Crippen molar-refractivity contribution in [1.29, 1.82) is 0 Å². The van der Waals surface area contributed by atoms with Crippen LogP contribution in [-0.2, 0) is 0 Å². The lowest BCUT2D eigenvalue weighted by Gasteiger charge is -2.26. The fourth-order valence-corrected chi connectivity index (χ4v) is 2.90. The third-order valence-electron chi connectivity index (χ3n) is 3.74. The molecule has 1 aromatic carbocycles. The van der Waals surface area contributed by atoms with Gasteiger partial charge in [-0.1, -0.05) is 43.5 Å². The molecular formula is C15H20ClNO. The highest BCUT2D eigenvalue weighted by atomic mass is 35.5. The van der Waals surface area contributed by atoms with Crippen LogP contribution >= 0.6 is 11.6 Å². The van der Waals surface area contributed by atoms with Crippen molar-refractivity contribution in [1.82, 2.24) is 4.90 Å². The van der Waals surface area contributed by atoms with Gasteiger partial charge in [-0.25, -0.2) is 0 Å². The Bertz CT molecular complexity index is 413. The number of Topliss-reactive ketones (excluding diaryl/α,β-unsaturated/α-hetero) is 1. The zero-order chi connectivity index (χ0) is 13.0. The summed E-state index contributed by atoms with van der Waals surface area (Å²) >= 11 is 5.92. The fraction of sp³-hybridized carbons (Fsp3) is 0.533. The van der Waals surface area contributed by atoms with Crippen molar-refractivity contribution in [2.24, 2.45) is 0 Å². The summed E-state index contributed by atoms with van der Waals surface area (Å²) in [5.41, 5.74) is 0.721. The largest absolute Gasteiger partial charge is 0.293 e. The van der Waals surface area contributed by atoms with Gasteiger partial charge in [0.15, 0.2) is 5.78 Å². The van der Waals surface area contributed by atoms with Crippen LogP contribution in [-0.4, -0.2) is 29.8 Å². The first-order valence-corrected chi connectivity index (χ1v) is 7.11. The Morgan fingerprint density at radius 1 is 1.39 bits per heavy atom. The summed E-state index contributed by atoms with van der Waals surface area (Å²) in [7, 11) is 0. The topological polar surface area (TPSA) is 20.3 Å². The Kier molecular flexibility index (Phi) is 4.79. The van der Waals surface area contributed by atoms with Crippen molar-refractivity contribution in [3.63, 3.8) is 0 Å². The molecule has 1 aromatic rings. The van der Waals surface area contributed by atoms with Crippen LogP contribution in [0.1, 0.15) is 43.0 Å². The normalized spacial score (nSPS) is 16.4. The Morgan fingerprint density at radius 2 is 2.11 bits per heavy atom. The highest BCUT2D eigenvalue weighted by Crippen LogP contribution is 2.23. The van der Waals surface area contributed by atoms with Gasteiger partial charge in [-0.2, -0.15) is 0 Å². The zero-order valence-corrected chi connectivity index (χ0v) is 11.6. The lowest BCUT2D eigenvalue weighted by Crippen LogP contribution is -2.37. The van der Waals surface area contributed by atoms with Crippen LogP contribution in [0, 0.1) is 0 Å². The van der Waals surface area contributed by atoms with E-state index in [0.29, 0.717) is 17.6 Å². The Morgan fingerprint density at radius 3 is 2.72 bits per heavy atom. The van der Waals surface area contributed by atoms with E-state index in [9.17, 15) is 4.79 Å². The van der Waals surface area contributed by atoms with E-state index in [1.807, 2.05) is 12.1 Å². The molecule has 1 saturated carbocycles. The predicted octanol–water partition coefficient (Wildman–Crippen LogP) is 3.79. The minimum Gasteiger partial charge on any atom is -0.293 e. The number of carbonyl (C=O) groups excluding carboxylic acids is 1. The maximum absolute atomic E-state index is 12.2. The zero-order valence-electron chi connectivity index (χ0n) is 10.9. The Hall–Kier alpha value is -0.860. The smallest absolute Gasteiger partial charge is 0.176 e. The minimum atomic E-state index is 0.172. The molecule has 0 bridgehead atoms. The van der Waals surface area contributed by atoms with Crippen LogP contribution < -0.4 is 0 Å². The standard InChI is InChI=1S/C15H20ClNO/c1-2-17(14-8-3-4-9-14)11-15(18)12-6-5-7-13(16)10-12/h5-7,10,14H,2-4,8-9,11H2,1H3. The molecule has 0 aromatic heterocycles. The molecule has 0 amide bonds. The summed E-state index contributed by atoms with van der Waals surface area (Å²) in [6.07, 6.45) is 5.06. The molecule has 98 valence electrons. The molecule has 0 saturated heterocycles. The summed E-state index contributed by atoms with van der Waals surface area (Å²) in [4.78, 5) is 14.5. The number of hydrogen-bond donors (Lipinski definition) is 0. The third kappa shape index (κ3) is 3.33. The van der Waals surface area contributed by atoms with Crippen molar-refractivity contribution < 1.29 is 4.79 Å². The molecule has 1 fully saturated rings. The molecule has 2 nitrogen and oxygen atoms in total. The highest BCUT2D eigenvalue weighted by molar-refractivity contribution is 6.31. The van der Waals surface area contributed by atoms with Crippen LogP contribution in [0.15, 0.2) is 24.3 Å². The first kappa shape index (κ1) is 13.6. The van der Waals surface area contributed by atoms with E-state index in [2.05, 4.69) is 11.8 Å². The summed E-state index contributed by atoms with van der Waals surface area (Å²) in [6.45, 7) is 3.59. The molecule has 0 N–H and O–H groups in total. The predicted molar refractivity (Wildman–Crippen MR) is 75.3 cm³/mol. The number of ketones is 1. The fourth-order valence-electron chi connectivity index (χ4n) is 2.71. The van der Waals surface area contributed by atoms with Gasteiger partial charge in [0.25, 0.3) is 0 Å². The van der Waals surface area contributed by atoms with Gasteiger partial charge in [0.1, 0.15) is 0 Å². The molecule has 2 rings (SSSR count). The summed E-state index contributed by atoms with van der Waals surface area (Å²) < 4.78 is 0. The summed E-state index contributed by atoms with van der Waals surface area (Å²) in [5, 5.41) is 0.629.